The summed E-state index contributed by atoms with van der Waals surface area (Å²) >= 11 is 0. The van der Waals surface area contributed by atoms with E-state index >= 15 is 0 Å². The topological polar surface area (TPSA) is 59.8 Å². The van der Waals surface area contributed by atoms with Crippen LogP contribution in [0.25, 0.3) is 5.69 Å². The first kappa shape index (κ1) is 12.3. The average Bonchev–Trinajstić information content (AvgIpc) is 2.89. The second kappa shape index (κ2) is 5.44. The number of hydrogen-bond donors (Lipinski definition) is 1. The van der Waals surface area contributed by atoms with Crippen LogP contribution in [0, 0.1) is 0 Å². The van der Waals surface area contributed by atoms with Crippen LogP contribution in [0.15, 0.2) is 36.5 Å². The molecule has 1 aromatic carbocycles. The van der Waals surface area contributed by atoms with Gasteiger partial charge in [-0.1, -0.05) is 25.1 Å². The summed E-state index contributed by atoms with van der Waals surface area (Å²) in [6, 6.07) is 9.63. The van der Waals surface area contributed by atoms with Crippen LogP contribution < -0.4 is 5.32 Å². The minimum atomic E-state index is -0.188. The highest BCUT2D eigenvalue weighted by Gasteiger charge is 2.12. The highest BCUT2D eigenvalue weighted by Crippen LogP contribution is 2.04. The minimum absolute atomic E-state index is 0.138. The summed E-state index contributed by atoms with van der Waals surface area (Å²) in [5.74, 6) is -0.188. The van der Waals surface area contributed by atoms with E-state index in [-0.39, 0.29) is 11.9 Å². The zero-order chi connectivity index (χ0) is 13.0. The summed E-state index contributed by atoms with van der Waals surface area (Å²) in [5.41, 5.74) is 1.17. The van der Waals surface area contributed by atoms with Crippen molar-refractivity contribution in [2.24, 2.45) is 0 Å². The Morgan fingerprint density at radius 1 is 1.39 bits per heavy atom. The van der Waals surface area contributed by atoms with Gasteiger partial charge in [-0.25, -0.2) is 0 Å². The lowest BCUT2D eigenvalue weighted by molar-refractivity contribution is 0.0934. The number of nitrogens with one attached hydrogen (secondary N) is 1. The molecule has 1 aromatic heterocycles. The molecule has 1 N–H and O–H groups in total. The second-order valence-electron chi connectivity index (χ2n) is 4.14. The van der Waals surface area contributed by atoms with Crippen LogP contribution >= 0.6 is 0 Å². The van der Waals surface area contributed by atoms with Gasteiger partial charge in [-0.05, 0) is 25.5 Å². The molecule has 0 fully saturated rings. The monoisotopic (exact) mass is 244 g/mol. The number of benzene rings is 1. The number of nitrogens with zero attached hydrogens (tertiary/aromatic N) is 3. The van der Waals surface area contributed by atoms with Crippen molar-refractivity contribution in [3.05, 3.63) is 42.2 Å². The molecule has 0 radical (unpaired) electrons. The van der Waals surface area contributed by atoms with Crippen molar-refractivity contribution in [2.45, 2.75) is 26.3 Å². The zero-order valence-corrected chi connectivity index (χ0v) is 10.5. The molecule has 0 aliphatic rings. The highest BCUT2D eigenvalue weighted by atomic mass is 16.2. The standard InChI is InChI=1S/C13H16N4O/c1-3-10(2)15-13(18)12-9-14-17(16-12)11-7-5-4-6-8-11/h4-10H,3H2,1-2H3,(H,15,18)/t10-/m1/s1. The van der Waals surface area contributed by atoms with Crippen molar-refractivity contribution < 1.29 is 4.79 Å². The third-order valence-electron chi connectivity index (χ3n) is 2.70. The number of amides is 1. The Morgan fingerprint density at radius 2 is 2.11 bits per heavy atom. The fraction of sp³-hybridized carbons (Fsp3) is 0.308. The maximum Gasteiger partial charge on any atom is 0.273 e. The Kier molecular flexibility index (Phi) is 3.72. The Labute approximate surface area is 106 Å². The van der Waals surface area contributed by atoms with Gasteiger partial charge in [0, 0.05) is 6.04 Å². The van der Waals surface area contributed by atoms with Gasteiger partial charge in [0.1, 0.15) is 0 Å². The van der Waals surface area contributed by atoms with Gasteiger partial charge in [-0.15, -0.1) is 5.10 Å². The fourth-order valence-electron chi connectivity index (χ4n) is 1.45. The summed E-state index contributed by atoms with van der Waals surface area (Å²) in [6.45, 7) is 3.98. The van der Waals surface area contributed by atoms with Crippen molar-refractivity contribution >= 4 is 5.91 Å². The largest absolute Gasteiger partial charge is 0.348 e. The number of hydrogen-bond acceptors (Lipinski definition) is 3. The van der Waals surface area contributed by atoms with Crippen LogP contribution in [0.4, 0.5) is 0 Å². The maximum atomic E-state index is 11.8. The van der Waals surface area contributed by atoms with Gasteiger partial charge in [0.2, 0.25) is 0 Å². The molecule has 1 amide bonds. The molecular formula is C13H16N4O. The lowest BCUT2D eigenvalue weighted by atomic mass is 10.2. The molecule has 5 heteroatoms. The molecule has 1 atom stereocenters. The van der Waals surface area contributed by atoms with E-state index in [2.05, 4.69) is 15.5 Å². The molecule has 0 saturated heterocycles. The van der Waals surface area contributed by atoms with E-state index < -0.39 is 0 Å². The van der Waals surface area contributed by atoms with Gasteiger partial charge < -0.3 is 5.32 Å². The number of carbonyl (C=O) groups excluding carboxylic acids is 1. The first-order chi connectivity index (χ1) is 8.70. The molecule has 2 rings (SSSR count). The Bertz CT molecular complexity index is 521. The van der Waals surface area contributed by atoms with Gasteiger partial charge in [-0.3, -0.25) is 4.79 Å². The highest BCUT2D eigenvalue weighted by molar-refractivity contribution is 5.92. The number of carbonyl (C=O) groups is 1. The van der Waals surface area contributed by atoms with Crippen molar-refractivity contribution in [2.75, 3.05) is 0 Å². The van der Waals surface area contributed by atoms with E-state index in [0.29, 0.717) is 5.69 Å². The smallest absolute Gasteiger partial charge is 0.273 e. The van der Waals surface area contributed by atoms with Crippen LogP contribution in [-0.2, 0) is 0 Å². The van der Waals surface area contributed by atoms with E-state index in [1.54, 1.807) is 0 Å². The number of rotatable bonds is 4. The van der Waals surface area contributed by atoms with Gasteiger partial charge in [-0.2, -0.15) is 9.90 Å². The second-order valence-corrected chi connectivity index (χ2v) is 4.14. The van der Waals surface area contributed by atoms with Crippen LogP contribution in [0.5, 0.6) is 0 Å². The SMILES string of the molecule is CC[C@@H](C)NC(=O)c1cnn(-c2ccccc2)n1. The third kappa shape index (κ3) is 2.74. The van der Waals surface area contributed by atoms with Gasteiger partial charge in [0.25, 0.3) is 5.91 Å². The quantitative estimate of drug-likeness (QED) is 0.892. The first-order valence-electron chi connectivity index (χ1n) is 5.99. The van der Waals surface area contributed by atoms with Crippen LogP contribution in [0.1, 0.15) is 30.8 Å². The van der Waals surface area contributed by atoms with E-state index in [1.165, 1.54) is 11.0 Å². The molecule has 0 spiro atoms. The molecule has 0 bridgehead atoms. The van der Waals surface area contributed by atoms with Gasteiger partial charge in [0.05, 0.1) is 11.9 Å². The Balaban J connectivity index is 2.13. The summed E-state index contributed by atoms with van der Waals surface area (Å²) in [5, 5.41) is 11.1. The molecule has 94 valence electrons. The first-order valence-corrected chi connectivity index (χ1v) is 5.99. The maximum absolute atomic E-state index is 11.8. The van der Waals surface area contributed by atoms with Crippen molar-refractivity contribution in [1.29, 1.82) is 0 Å². The molecular weight excluding hydrogens is 228 g/mol. The summed E-state index contributed by atoms with van der Waals surface area (Å²) in [7, 11) is 0. The molecule has 1 heterocycles. The van der Waals surface area contributed by atoms with E-state index in [0.717, 1.165) is 12.1 Å². The molecule has 0 unspecified atom stereocenters. The fourth-order valence-corrected chi connectivity index (χ4v) is 1.45. The van der Waals surface area contributed by atoms with E-state index in [4.69, 9.17) is 0 Å². The van der Waals surface area contributed by atoms with Crippen LogP contribution in [0.2, 0.25) is 0 Å². The summed E-state index contributed by atoms with van der Waals surface area (Å²) in [4.78, 5) is 13.3. The van der Waals surface area contributed by atoms with Gasteiger partial charge in [0.15, 0.2) is 5.69 Å². The lowest BCUT2D eigenvalue weighted by Crippen LogP contribution is -2.32. The number of para-hydroxylation sites is 1. The average molecular weight is 244 g/mol. The molecule has 18 heavy (non-hydrogen) atoms. The molecule has 0 aliphatic heterocycles. The Hall–Kier alpha value is -2.17. The lowest BCUT2D eigenvalue weighted by Gasteiger charge is -2.08. The Morgan fingerprint density at radius 3 is 2.78 bits per heavy atom. The molecule has 0 aliphatic carbocycles. The summed E-state index contributed by atoms with van der Waals surface area (Å²) < 4.78 is 0. The summed E-state index contributed by atoms with van der Waals surface area (Å²) in [6.07, 6.45) is 2.36. The predicted octanol–water partition coefficient (Wildman–Crippen LogP) is 1.80. The van der Waals surface area contributed by atoms with E-state index in [9.17, 15) is 4.79 Å². The van der Waals surface area contributed by atoms with Crippen LogP contribution in [0.3, 0.4) is 0 Å². The molecule has 2 aromatic rings. The molecule has 0 saturated carbocycles. The van der Waals surface area contributed by atoms with Crippen molar-refractivity contribution in [1.82, 2.24) is 20.3 Å². The minimum Gasteiger partial charge on any atom is -0.348 e. The third-order valence-corrected chi connectivity index (χ3v) is 2.70. The molecule has 5 nitrogen and oxygen atoms in total. The van der Waals surface area contributed by atoms with E-state index in [1.807, 2.05) is 44.2 Å². The normalized spacial score (nSPS) is 12.1. The van der Waals surface area contributed by atoms with Gasteiger partial charge >= 0.3 is 0 Å². The van der Waals surface area contributed by atoms with Crippen LogP contribution in [-0.4, -0.2) is 26.9 Å². The predicted molar refractivity (Wildman–Crippen MR) is 68.6 cm³/mol. The zero-order valence-electron chi connectivity index (χ0n) is 10.5. The van der Waals surface area contributed by atoms with Crippen molar-refractivity contribution in [3.8, 4) is 5.69 Å². The number of aromatic nitrogens is 3. The van der Waals surface area contributed by atoms with Crippen molar-refractivity contribution in [3.63, 3.8) is 0 Å².